The van der Waals surface area contributed by atoms with Crippen molar-refractivity contribution < 1.29 is 14.6 Å². The van der Waals surface area contributed by atoms with E-state index in [0.29, 0.717) is 19.4 Å². The van der Waals surface area contributed by atoms with Crippen molar-refractivity contribution in [2.45, 2.75) is 44.6 Å². The van der Waals surface area contributed by atoms with Gasteiger partial charge in [-0.15, -0.1) is 0 Å². The molecule has 0 aromatic rings. The molecule has 0 atom stereocenters. The van der Waals surface area contributed by atoms with E-state index in [2.05, 4.69) is 0 Å². The molecule has 3 heteroatoms. The minimum Gasteiger partial charge on any atom is -0.464 e. The van der Waals surface area contributed by atoms with E-state index in [4.69, 9.17) is 4.74 Å². The van der Waals surface area contributed by atoms with Crippen LogP contribution in [0.3, 0.4) is 0 Å². The van der Waals surface area contributed by atoms with Crippen molar-refractivity contribution in [1.82, 2.24) is 0 Å². The minimum absolute atomic E-state index is 0.418. The monoisotopic (exact) mass is 172 g/mol. The molecule has 1 saturated carbocycles. The number of aliphatic hydroxyl groups is 1. The van der Waals surface area contributed by atoms with E-state index < -0.39 is 11.6 Å². The third-order valence-corrected chi connectivity index (χ3v) is 2.25. The molecule has 0 aromatic heterocycles. The van der Waals surface area contributed by atoms with Crippen LogP contribution in [-0.4, -0.2) is 23.3 Å². The second-order valence-electron chi connectivity index (χ2n) is 3.37. The number of hydrogen-bond donors (Lipinski definition) is 1. The van der Waals surface area contributed by atoms with Gasteiger partial charge in [-0.05, 0) is 32.1 Å². The molecule has 1 N–H and O–H groups in total. The van der Waals surface area contributed by atoms with Gasteiger partial charge in [0.15, 0.2) is 5.60 Å². The van der Waals surface area contributed by atoms with Crippen LogP contribution in [0, 0.1) is 0 Å². The molecule has 12 heavy (non-hydrogen) atoms. The van der Waals surface area contributed by atoms with Crippen LogP contribution in [-0.2, 0) is 9.53 Å². The Bertz CT molecular complexity index is 159. The summed E-state index contributed by atoms with van der Waals surface area (Å²) in [6, 6.07) is 0. The molecule has 0 saturated heterocycles. The topological polar surface area (TPSA) is 46.5 Å². The van der Waals surface area contributed by atoms with Crippen molar-refractivity contribution >= 4 is 5.97 Å². The Morgan fingerprint density at radius 3 is 2.58 bits per heavy atom. The van der Waals surface area contributed by atoms with Crippen LogP contribution in [0.4, 0.5) is 0 Å². The zero-order valence-electron chi connectivity index (χ0n) is 7.51. The Kier molecular flexibility index (Phi) is 3.09. The molecule has 0 amide bonds. The average Bonchev–Trinajstić information content (AvgIpc) is 2.49. The van der Waals surface area contributed by atoms with Gasteiger partial charge in [0.25, 0.3) is 0 Å². The maximum absolute atomic E-state index is 11.3. The molecular formula is C9H16O3. The first-order valence-corrected chi connectivity index (χ1v) is 4.58. The van der Waals surface area contributed by atoms with Crippen molar-refractivity contribution in [2.24, 2.45) is 0 Å². The molecule has 0 spiro atoms. The van der Waals surface area contributed by atoms with Crippen molar-refractivity contribution in [2.75, 3.05) is 6.61 Å². The van der Waals surface area contributed by atoms with Crippen molar-refractivity contribution in [3.05, 3.63) is 0 Å². The molecule has 1 aliphatic rings. The molecule has 0 unspecified atom stereocenters. The van der Waals surface area contributed by atoms with Crippen LogP contribution in [0.15, 0.2) is 0 Å². The van der Waals surface area contributed by atoms with E-state index in [-0.39, 0.29) is 0 Å². The highest BCUT2D eigenvalue weighted by molar-refractivity contribution is 5.79. The highest BCUT2D eigenvalue weighted by Gasteiger charge is 2.40. The summed E-state index contributed by atoms with van der Waals surface area (Å²) < 4.78 is 4.89. The summed E-state index contributed by atoms with van der Waals surface area (Å²) >= 11 is 0. The first-order valence-electron chi connectivity index (χ1n) is 4.58. The van der Waals surface area contributed by atoms with Gasteiger partial charge in [-0.25, -0.2) is 4.79 Å². The first kappa shape index (κ1) is 9.52. The smallest absolute Gasteiger partial charge is 0.338 e. The van der Waals surface area contributed by atoms with Crippen molar-refractivity contribution in [1.29, 1.82) is 0 Å². The molecule has 0 aliphatic heterocycles. The van der Waals surface area contributed by atoms with E-state index in [9.17, 15) is 9.90 Å². The molecule has 70 valence electrons. The highest BCUT2D eigenvalue weighted by atomic mass is 16.5. The Labute approximate surface area is 72.7 Å². The van der Waals surface area contributed by atoms with E-state index in [1.807, 2.05) is 6.92 Å². The van der Waals surface area contributed by atoms with E-state index in [0.717, 1.165) is 19.3 Å². The number of carbonyl (C=O) groups excluding carboxylic acids is 1. The quantitative estimate of drug-likeness (QED) is 0.651. The summed E-state index contributed by atoms with van der Waals surface area (Å²) in [4.78, 5) is 11.3. The Balaban J connectivity index is 2.39. The Morgan fingerprint density at radius 1 is 1.50 bits per heavy atom. The van der Waals surface area contributed by atoms with Crippen LogP contribution in [0.25, 0.3) is 0 Å². The zero-order valence-corrected chi connectivity index (χ0v) is 7.51. The summed E-state index contributed by atoms with van der Waals surface area (Å²) in [5.74, 6) is -0.429. The number of ether oxygens (including phenoxy) is 1. The minimum atomic E-state index is -1.16. The van der Waals surface area contributed by atoms with Gasteiger partial charge in [-0.2, -0.15) is 0 Å². The van der Waals surface area contributed by atoms with Gasteiger partial charge in [0.1, 0.15) is 0 Å². The standard InChI is InChI=1S/C9H16O3/c1-2-7-12-8(10)9(11)5-3-4-6-9/h11H,2-7H2,1H3. The lowest BCUT2D eigenvalue weighted by atomic mass is 10.0. The normalized spacial score (nSPS) is 20.8. The van der Waals surface area contributed by atoms with Crippen LogP contribution in [0.5, 0.6) is 0 Å². The molecule has 0 bridgehead atoms. The molecule has 0 radical (unpaired) electrons. The average molecular weight is 172 g/mol. The number of carbonyl (C=O) groups is 1. The summed E-state index contributed by atoms with van der Waals surface area (Å²) in [6.07, 6.45) is 3.79. The van der Waals surface area contributed by atoms with E-state index >= 15 is 0 Å². The fraction of sp³-hybridized carbons (Fsp3) is 0.889. The Morgan fingerprint density at radius 2 is 2.08 bits per heavy atom. The number of hydrogen-bond acceptors (Lipinski definition) is 3. The largest absolute Gasteiger partial charge is 0.464 e. The zero-order chi connectivity index (χ0) is 9.03. The van der Waals surface area contributed by atoms with Crippen LogP contribution in [0.2, 0.25) is 0 Å². The van der Waals surface area contributed by atoms with Crippen LogP contribution >= 0.6 is 0 Å². The highest BCUT2D eigenvalue weighted by Crippen LogP contribution is 2.30. The SMILES string of the molecule is CCCOC(=O)C1(O)CCCC1. The first-order chi connectivity index (χ1) is 5.69. The number of rotatable bonds is 3. The second-order valence-corrected chi connectivity index (χ2v) is 3.37. The van der Waals surface area contributed by atoms with E-state index in [1.165, 1.54) is 0 Å². The third-order valence-electron chi connectivity index (χ3n) is 2.25. The third kappa shape index (κ3) is 1.97. The summed E-state index contributed by atoms with van der Waals surface area (Å²) in [6.45, 7) is 2.35. The fourth-order valence-corrected chi connectivity index (χ4v) is 1.49. The molecular weight excluding hydrogens is 156 g/mol. The lowest BCUT2D eigenvalue weighted by Crippen LogP contribution is -2.37. The van der Waals surface area contributed by atoms with Gasteiger partial charge in [-0.1, -0.05) is 6.92 Å². The second kappa shape index (κ2) is 3.90. The predicted octanol–water partition coefficient (Wildman–Crippen LogP) is 1.24. The van der Waals surface area contributed by atoms with Gasteiger partial charge >= 0.3 is 5.97 Å². The number of esters is 1. The maximum atomic E-state index is 11.3. The summed E-state index contributed by atoms with van der Waals surface area (Å²) in [7, 11) is 0. The molecule has 1 rings (SSSR count). The predicted molar refractivity (Wildman–Crippen MR) is 44.7 cm³/mol. The van der Waals surface area contributed by atoms with Crippen LogP contribution < -0.4 is 0 Å². The molecule has 0 heterocycles. The van der Waals surface area contributed by atoms with E-state index in [1.54, 1.807) is 0 Å². The fourth-order valence-electron chi connectivity index (χ4n) is 1.49. The summed E-state index contributed by atoms with van der Waals surface area (Å²) in [5, 5.41) is 9.71. The molecule has 1 fully saturated rings. The van der Waals surface area contributed by atoms with Crippen molar-refractivity contribution in [3.8, 4) is 0 Å². The van der Waals surface area contributed by atoms with Crippen LogP contribution in [0.1, 0.15) is 39.0 Å². The van der Waals surface area contributed by atoms with Gasteiger partial charge in [0, 0.05) is 0 Å². The van der Waals surface area contributed by atoms with Gasteiger partial charge in [-0.3, -0.25) is 0 Å². The molecule has 1 aliphatic carbocycles. The maximum Gasteiger partial charge on any atom is 0.338 e. The molecule has 0 aromatic carbocycles. The molecule has 3 nitrogen and oxygen atoms in total. The van der Waals surface area contributed by atoms with Gasteiger partial charge in [0.2, 0.25) is 0 Å². The van der Waals surface area contributed by atoms with Crippen molar-refractivity contribution in [3.63, 3.8) is 0 Å². The van der Waals surface area contributed by atoms with Gasteiger partial charge < -0.3 is 9.84 Å². The van der Waals surface area contributed by atoms with Gasteiger partial charge in [0.05, 0.1) is 6.61 Å². The Hall–Kier alpha value is -0.570. The lowest BCUT2D eigenvalue weighted by Gasteiger charge is -2.19. The lowest BCUT2D eigenvalue weighted by molar-refractivity contribution is -0.164. The summed E-state index contributed by atoms with van der Waals surface area (Å²) in [5.41, 5.74) is -1.16.